The lowest BCUT2D eigenvalue weighted by Crippen LogP contribution is -2.34. The molecule has 0 aromatic heterocycles. The van der Waals surface area contributed by atoms with Gasteiger partial charge in [0.25, 0.3) is 0 Å². The van der Waals surface area contributed by atoms with Crippen LogP contribution in [0, 0.1) is 6.92 Å². The lowest BCUT2D eigenvalue weighted by atomic mass is 10.1. The number of aryl methyl sites for hydroxylation is 1. The maximum absolute atomic E-state index is 12.0. The molecular formula is C17H29N3O3S. The highest BCUT2D eigenvalue weighted by molar-refractivity contribution is 7.89. The predicted octanol–water partition coefficient (Wildman–Crippen LogP) is 2.50. The monoisotopic (exact) mass is 355 g/mol. The molecular weight excluding hydrogens is 326 g/mol. The number of nitrogens with zero attached hydrogens (tertiary/aromatic N) is 1. The molecule has 2 N–H and O–H groups in total. The van der Waals surface area contributed by atoms with Gasteiger partial charge in [0, 0.05) is 24.5 Å². The van der Waals surface area contributed by atoms with Gasteiger partial charge in [0.1, 0.15) is 0 Å². The predicted molar refractivity (Wildman–Crippen MR) is 100 cm³/mol. The van der Waals surface area contributed by atoms with E-state index >= 15 is 0 Å². The molecule has 0 fully saturated rings. The standard InChI is InChI=1S/C17H29N3O3S/c1-5-8-11-24(22,23)18-13-17(21)19-16-10-9-15(12-14(16)4)20(6-2)7-3/h9-10,12,18H,5-8,11,13H2,1-4H3,(H,19,21). The second-order valence-electron chi connectivity index (χ2n) is 5.71. The molecule has 136 valence electrons. The summed E-state index contributed by atoms with van der Waals surface area (Å²) in [6.45, 7) is 9.63. The van der Waals surface area contributed by atoms with E-state index in [1.54, 1.807) is 0 Å². The van der Waals surface area contributed by atoms with Crippen LogP contribution in [0.25, 0.3) is 0 Å². The van der Waals surface area contributed by atoms with Crippen molar-refractivity contribution >= 4 is 27.3 Å². The molecule has 1 aromatic rings. The number of carbonyl (C=O) groups excluding carboxylic acids is 1. The van der Waals surface area contributed by atoms with E-state index in [0.29, 0.717) is 12.1 Å². The number of hydrogen-bond acceptors (Lipinski definition) is 4. The molecule has 24 heavy (non-hydrogen) atoms. The van der Waals surface area contributed by atoms with Crippen LogP contribution in [0.1, 0.15) is 39.2 Å². The molecule has 1 amide bonds. The number of nitrogens with one attached hydrogen (secondary N) is 2. The number of rotatable bonds is 10. The van der Waals surface area contributed by atoms with Crippen LogP contribution >= 0.6 is 0 Å². The smallest absolute Gasteiger partial charge is 0.239 e. The summed E-state index contributed by atoms with van der Waals surface area (Å²) in [6.07, 6.45) is 1.38. The summed E-state index contributed by atoms with van der Waals surface area (Å²) in [7, 11) is -3.38. The van der Waals surface area contributed by atoms with Crippen LogP contribution in [0.2, 0.25) is 0 Å². The zero-order chi connectivity index (χ0) is 18.2. The Morgan fingerprint density at radius 1 is 1.17 bits per heavy atom. The Labute approximate surface area is 145 Å². The van der Waals surface area contributed by atoms with Crippen LogP contribution in [0.3, 0.4) is 0 Å². The Kier molecular flexibility index (Phi) is 8.21. The molecule has 1 rings (SSSR count). The van der Waals surface area contributed by atoms with Gasteiger partial charge in [-0.1, -0.05) is 13.3 Å². The van der Waals surface area contributed by atoms with E-state index in [0.717, 1.165) is 30.8 Å². The molecule has 1 aromatic carbocycles. The Hall–Kier alpha value is -1.60. The van der Waals surface area contributed by atoms with E-state index in [4.69, 9.17) is 0 Å². The third kappa shape index (κ3) is 6.49. The number of carbonyl (C=O) groups is 1. The van der Waals surface area contributed by atoms with Crippen molar-refractivity contribution in [1.82, 2.24) is 4.72 Å². The normalized spacial score (nSPS) is 11.3. The van der Waals surface area contributed by atoms with Gasteiger partial charge in [0.15, 0.2) is 0 Å². The topological polar surface area (TPSA) is 78.5 Å². The van der Waals surface area contributed by atoms with E-state index in [1.165, 1.54) is 0 Å². The molecule has 0 saturated carbocycles. The van der Waals surface area contributed by atoms with Gasteiger partial charge in [-0.25, -0.2) is 13.1 Å². The number of amides is 1. The fourth-order valence-corrected chi connectivity index (χ4v) is 3.51. The maximum Gasteiger partial charge on any atom is 0.239 e. The molecule has 0 heterocycles. The summed E-state index contributed by atoms with van der Waals surface area (Å²) in [5, 5.41) is 2.76. The third-order valence-electron chi connectivity index (χ3n) is 3.83. The highest BCUT2D eigenvalue weighted by Gasteiger charge is 2.13. The molecule has 0 saturated heterocycles. The van der Waals surface area contributed by atoms with E-state index in [9.17, 15) is 13.2 Å². The van der Waals surface area contributed by atoms with Gasteiger partial charge in [-0.3, -0.25) is 4.79 Å². The minimum atomic E-state index is -3.38. The van der Waals surface area contributed by atoms with E-state index in [-0.39, 0.29) is 18.2 Å². The molecule has 0 aliphatic rings. The average molecular weight is 356 g/mol. The SMILES string of the molecule is CCCCS(=O)(=O)NCC(=O)Nc1ccc(N(CC)CC)cc1C. The second kappa shape index (κ2) is 9.64. The molecule has 0 unspecified atom stereocenters. The van der Waals surface area contributed by atoms with Crippen molar-refractivity contribution in [1.29, 1.82) is 0 Å². The molecule has 6 nitrogen and oxygen atoms in total. The summed E-state index contributed by atoms with van der Waals surface area (Å²) in [5.41, 5.74) is 2.75. The maximum atomic E-state index is 12.0. The van der Waals surface area contributed by atoms with Crippen molar-refractivity contribution in [2.45, 2.75) is 40.5 Å². The summed E-state index contributed by atoms with van der Waals surface area (Å²) >= 11 is 0. The van der Waals surface area contributed by atoms with Crippen LogP contribution in [-0.2, 0) is 14.8 Å². The van der Waals surface area contributed by atoms with Gasteiger partial charge < -0.3 is 10.2 Å². The van der Waals surface area contributed by atoms with Gasteiger partial charge in [-0.15, -0.1) is 0 Å². The van der Waals surface area contributed by atoms with Crippen molar-refractivity contribution < 1.29 is 13.2 Å². The fourth-order valence-electron chi connectivity index (χ4n) is 2.35. The van der Waals surface area contributed by atoms with Crippen molar-refractivity contribution in [3.05, 3.63) is 23.8 Å². The number of benzene rings is 1. The van der Waals surface area contributed by atoms with Gasteiger partial charge in [-0.2, -0.15) is 0 Å². The fraction of sp³-hybridized carbons (Fsp3) is 0.588. The molecule has 0 aliphatic heterocycles. The van der Waals surface area contributed by atoms with Crippen molar-refractivity contribution in [2.24, 2.45) is 0 Å². The second-order valence-corrected chi connectivity index (χ2v) is 7.64. The first-order valence-corrected chi connectivity index (χ1v) is 10.1. The van der Waals surface area contributed by atoms with Crippen LogP contribution in [0.15, 0.2) is 18.2 Å². The van der Waals surface area contributed by atoms with Crippen LogP contribution in [0.5, 0.6) is 0 Å². The number of hydrogen-bond donors (Lipinski definition) is 2. The van der Waals surface area contributed by atoms with E-state index < -0.39 is 10.0 Å². The first-order valence-electron chi connectivity index (χ1n) is 8.45. The quantitative estimate of drug-likeness (QED) is 0.676. The van der Waals surface area contributed by atoms with Crippen molar-refractivity contribution in [3.63, 3.8) is 0 Å². The minimum absolute atomic E-state index is 0.0500. The summed E-state index contributed by atoms with van der Waals surface area (Å²) in [6, 6.07) is 5.83. The van der Waals surface area contributed by atoms with Crippen LogP contribution in [0.4, 0.5) is 11.4 Å². The van der Waals surface area contributed by atoms with E-state index in [2.05, 4.69) is 28.8 Å². The minimum Gasteiger partial charge on any atom is -0.372 e. The van der Waals surface area contributed by atoms with Crippen molar-refractivity contribution in [3.8, 4) is 0 Å². The zero-order valence-electron chi connectivity index (χ0n) is 15.1. The first-order chi connectivity index (χ1) is 11.3. The number of sulfonamides is 1. The molecule has 0 atom stereocenters. The summed E-state index contributed by atoms with van der Waals surface area (Å²) < 4.78 is 25.7. The summed E-state index contributed by atoms with van der Waals surface area (Å²) in [4.78, 5) is 14.2. The largest absolute Gasteiger partial charge is 0.372 e. The molecule has 7 heteroatoms. The average Bonchev–Trinajstić information content (AvgIpc) is 2.55. The number of unbranched alkanes of at least 4 members (excludes halogenated alkanes) is 1. The van der Waals surface area contributed by atoms with Crippen LogP contribution in [-0.4, -0.2) is 39.7 Å². The van der Waals surface area contributed by atoms with Crippen molar-refractivity contribution in [2.75, 3.05) is 35.6 Å². The highest BCUT2D eigenvalue weighted by atomic mass is 32.2. The Balaban J connectivity index is 2.64. The Morgan fingerprint density at radius 3 is 2.38 bits per heavy atom. The lowest BCUT2D eigenvalue weighted by Gasteiger charge is -2.22. The Morgan fingerprint density at radius 2 is 1.83 bits per heavy atom. The first kappa shape index (κ1) is 20.4. The highest BCUT2D eigenvalue weighted by Crippen LogP contribution is 2.22. The van der Waals surface area contributed by atoms with Gasteiger partial charge >= 0.3 is 0 Å². The molecule has 0 spiro atoms. The molecule has 0 bridgehead atoms. The molecule has 0 aliphatic carbocycles. The van der Waals surface area contributed by atoms with Gasteiger partial charge in [0.2, 0.25) is 15.9 Å². The Bertz CT molecular complexity index is 640. The van der Waals surface area contributed by atoms with E-state index in [1.807, 2.05) is 32.0 Å². The lowest BCUT2D eigenvalue weighted by molar-refractivity contribution is -0.115. The number of anilines is 2. The third-order valence-corrected chi connectivity index (χ3v) is 5.24. The van der Waals surface area contributed by atoms with Crippen LogP contribution < -0.4 is 14.9 Å². The molecule has 0 radical (unpaired) electrons. The van der Waals surface area contributed by atoms with Gasteiger partial charge in [0.05, 0.1) is 12.3 Å². The summed E-state index contributed by atoms with van der Waals surface area (Å²) in [5.74, 6) is -0.317. The zero-order valence-corrected chi connectivity index (χ0v) is 15.9. The van der Waals surface area contributed by atoms with Gasteiger partial charge in [-0.05, 0) is 51.0 Å².